The third-order valence-corrected chi connectivity index (χ3v) is 5.30. The maximum Gasteiger partial charge on any atom is 0.490 e. The minimum Gasteiger partial charge on any atom is -0.506 e. The molecule has 0 spiro atoms. The fraction of sp³-hybridized carbons (Fsp3) is 0.318. The van der Waals surface area contributed by atoms with Gasteiger partial charge < -0.3 is 15.2 Å². The van der Waals surface area contributed by atoms with Crippen LogP contribution >= 0.6 is 0 Å². The summed E-state index contributed by atoms with van der Waals surface area (Å²) in [7, 11) is 0. The third kappa shape index (κ3) is 4.91. The molecular weight excluding hydrogens is 427 g/mol. The van der Waals surface area contributed by atoms with E-state index in [0.29, 0.717) is 16.9 Å². The number of H-pyrrole nitrogens is 1. The van der Waals surface area contributed by atoms with E-state index < -0.39 is 12.1 Å². The van der Waals surface area contributed by atoms with Crippen molar-refractivity contribution in [2.24, 2.45) is 0 Å². The Hall–Kier alpha value is -3.40. The molecule has 1 aromatic heterocycles. The number of aromatic amines is 1. The minimum absolute atomic E-state index is 0.0378. The number of hydrogen-bond donors (Lipinski definition) is 3. The lowest BCUT2D eigenvalue weighted by Crippen LogP contribution is -2.36. The maximum atomic E-state index is 12.1. The summed E-state index contributed by atoms with van der Waals surface area (Å²) in [6.45, 7) is 6.39. The first kappa shape index (κ1) is 23.3. The summed E-state index contributed by atoms with van der Waals surface area (Å²) in [6.07, 6.45) is -2.80. The lowest BCUT2D eigenvalue weighted by molar-refractivity contribution is -0.192. The predicted molar refractivity (Wildman–Crippen MR) is 112 cm³/mol. The molecule has 0 amide bonds. The van der Waals surface area contributed by atoms with E-state index in [0.717, 1.165) is 30.6 Å². The minimum atomic E-state index is -5.08. The zero-order chi connectivity index (χ0) is 23.6. The van der Waals surface area contributed by atoms with E-state index in [2.05, 4.69) is 40.8 Å². The van der Waals surface area contributed by atoms with Crippen LogP contribution < -0.4 is 5.56 Å². The van der Waals surface area contributed by atoms with Crippen molar-refractivity contribution in [1.82, 2.24) is 14.9 Å². The van der Waals surface area contributed by atoms with Crippen LogP contribution in [0.25, 0.3) is 22.0 Å². The quantitative estimate of drug-likeness (QED) is 0.551. The zero-order valence-electron chi connectivity index (χ0n) is 17.4. The fourth-order valence-electron chi connectivity index (χ4n) is 3.66. The highest BCUT2D eigenvalue weighted by atomic mass is 19.4. The number of nitrogens with zero attached hydrogens (tertiary/aromatic N) is 2. The lowest BCUT2D eigenvalue weighted by atomic mass is 9.90. The number of phenolic OH excluding ortho intramolecular Hbond substituents is 1. The van der Waals surface area contributed by atoms with Gasteiger partial charge in [0.15, 0.2) is 0 Å². The van der Waals surface area contributed by atoms with Crippen molar-refractivity contribution in [2.75, 3.05) is 6.54 Å². The Balaban J connectivity index is 0.000000360. The van der Waals surface area contributed by atoms with Gasteiger partial charge in [-0.1, -0.05) is 18.2 Å². The first-order valence-corrected chi connectivity index (χ1v) is 9.84. The Morgan fingerprint density at radius 3 is 2.56 bits per heavy atom. The number of phenols is 1. The van der Waals surface area contributed by atoms with E-state index in [4.69, 9.17) is 9.90 Å². The van der Waals surface area contributed by atoms with Crippen molar-refractivity contribution >= 4 is 16.9 Å². The Bertz CT molecular complexity index is 1210. The Labute approximate surface area is 181 Å². The normalized spacial score (nSPS) is 14.1. The van der Waals surface area contributed by atoms with Crippen molar-refractivity contribution in [2.45, 2.75) is 39.0 Å². The molecule has 2 heterocycles. The molecule has 3 aromatic rings. The number of carboxylic acids is 1. The zero-order valence-corrected chi connectivity index (χ0v) is 17.4. The molecule has 0 unspecified atom stereocenters. The Kier molecular flexibility index (Phi) is 6.54. The highest BCUT2D eigenvalue weighted by molar-refractivity contribution is 5.89. The average molecular weight is 449 g/mol. The fourth-order valence-corrected chi connectivity index (χ4v) is 3.66. The molecule has 0 atom stereocenters. The number of aromatic nitrogens is 2. The van der Waals surface area contributed by atoms with Crippen LogP contribution in [0.15, 0.2) is 41.5 Å². The summed E-state index contributed by atoms with van der Waals surface area (Å²) in [5.74, 6) is -2.72. The highest BCUT2D eigenvalue weighted by Crippen LogP contribution is 2.34. The van der Waals surface area contributed by atoms with Gasteiger partial charge in [0.1, 0.15) is 11.3 Å². The van der Waals surface area contributed by atoms with Gasteiger partial charge in [-0.2, -0.15) is 13.2 Å². The SMILES string of the molecule is CC(C)N1CCc2c(cccc2-c2cc(O)c3nc[nH]c(=O)c3c2)C1.O=C(O)C(F)(F)F. The number of aliphatic carboxylic acids is 1. The number of halogens is 3. The number of rotatable bonds is 2. The second kappa shape index (κ2) is 8.99. The smallest absolute Gasteiger partial charge is 0.490 e. The molecule has 0 aliphatic carbocycles. The predicted octanol–water partition coefficient (Wildman–Crippen LogP) is 3.70. The van der Waals surface area contributed by atoms with Gasteiger partial charge in [-0.05, 0) is 54.7 Å². The molecule has 7 nitrogen and oxygen atoms in total. The number of benzene rings is 2. The van der Waals surface area contributed by atoms with Gasteiger partial charge >= 0.3 is 12.1 Å². The molecule has 0 radical (unpaired) electrons. The molecule has 0 saturated heterocycles. The van der Waals surface area contributed by atoms with Crippen LogP contribution in [0, 0.1) is 0 Å². The molecule has 32 heavy (non-hydrogen) atoms. The largest absolute Gasteiger partial charge is 0.506 e. The van der Waals surface area contributed by atoms with Crippen LogP contribution in [-0.2, 0) is 17.8 Å². The van der Waals surface area contributed by atoms with Gasteiger partial charge in [-0.15, -0.1) is 0 Å². The van der Waals surface area contributed by atoms with E-state index in [1.54, 1.807) is 6.07 Å². The summed E-state index contributed by atoms with van der Waals surface area (Å²) >= 11 is 0. The van der Waals surface area contributed by atoms with Crippen molar-refractivity contribution in [1.29, 1.82) is 0 Å². The summed E-state index contributed by atoms with van der Waals surface area (Å²) < 4.78 is 31.7. The molecule has 170 valence electrons. The van der Waals surface area contributed by atoms with Crippen LogP contribution in [0.5, 0.6) is 5.75 Å². The molecule has 1 aliphatic heterocycles. The van der Waals surface area contributed by atoms with Crippen LogP contribution in [0.3, 0.4) is 0 Å². The average Bonchev–Trinajstić information content (AvgIpc) is 2.73. The van der Waals surface area contributed by atoms with Crippen molar-refractivity contribution in [3.63, 3.8) is 0 Å². The van der Waals surface area contributed by atoms with E-state index in [1.165, 1.54) is 17.5 Å². The Morgan fingerprint density at radius 1 is 1.25 bits per heavy atom. The van der Waals surface area contributed by atoms with Crippen molar-refractivity contribution in [3.05, 3.63) is 58.1 Å². The van der Waals surface area contributed by atoms with Crippen LogP contribution in [-0.4, -0.2) is 49.8 Å². The first-order valence-electron chi connectivity index (χ1n) is 9.84. The van der Waals surface area contributed by atoms with Gasteiger partial charge in [0.05, 0.1) is 11.7 Å². The molecule has 2 aromatic carbocycles. The second-order valence-electron chi connectivity index (χ2n) is 7.68. The summed E-state index contributed by atoms with van der Waals surface area (Å²) in [5, 5.41) is 17.9. The number of alkyl halides is 3. The molecule has 0 bridgehead atoms. The lowest BCUT2D eigenvalue weighted by Gasteiger charge is -2.33. The highest BCUT2D eigenvalue weighted by Gasteiger charge is 2.38. The van der Waals surface area contributed by atoms with Gasteiger partial charge in [-0.3, -0.25) is 9.69 Å². The molecule has 1 aliphatic rings. The monoisotopic (exact) mass is 449 g/mol. The van der Waals surface area contributed by atoms with Gasteiger partial charge in [0.2, 0.25) is 0 Å². The van der Waals surface area contributed by atoms with Gasteiger partial charge in [0.25, 0.3) is 5.56 Å². The number of hydrogen-bond acceptors (Lipinski definition) is 5. The molecule has 3 N–H and O–H groups in total. The second-order valence-corrected chi connectivity index (χ2v) is 7.68. The van der Waals surface area contributed by atoms with E-state index in [1.807, 2.05) is 12.1 Å². The number of nitrogens with one attached hydrogen (secondary N) is 1. The standard InChI is InChI=1S/C20H21N3O2.C2HF3O2/c1-12(2)23-7-6-16-13(10-23)4-3-5-15(16)14-8-17-19(18(24)9-14)21-11-22-20(17)25;3-2(4,5)1(6)7/h3-5,8-9,11-12,24H,6-7,10H2,1-2H3,(H,21,22,25);(H,6,7). The van der Waals surface area contributed by atoms with Crippen molar-refractivity contribution < 1.29 is 28.2 Å². The van der Waals surface area contributed by atoms with E-state index >= 15 is 0 Å². The van der Waals surface area contributed by atoms with Crippen LogP contribution in [0.4, 0.5) is 13.2 Å². The summed E-state index contributed by atoms with van der Waals surface area (Å²) in [4.78, 5) is 30.1. The molecule has 0 fully saturated rings. The van der Waals surface area contributed by atoms with E-state index in [9.17, 15) is 23.1 Å². The topological polar surface area (TPSA) is 107 Å². The Morgan fingerprint density at radius 2 is 1.94 bits per heavy atom. The maximum absolute atomic E-state index is 12.1. The number of aromatic hydroxyl groups is 1. The molecule has 0 saturated carbocycles. The number of carboxylic acid groups (broad SMARTS) is 1. The molecule has 10 heteroatoms. The first-order chi connectivity index (χ1) is 15.0. The number of fused-ring (bicyclic) bond motifs is 2. The molecular formula is C22H22F3N3O4. The van der Waals surface area contributed by atoms with Gasteiger partial charge in [-0.25, -0.2) is 9.78 Å². The number of carbonyl (C=O) groups is 1. The van der Waals surface area contributed by atoms with Gasteiger partial charge in [0, 0.05) is 19.1 Å². The summed E-state index contributed by atoms with van der Waals surface area (Å²) in [6, 6.07) is 10.3. The molecule has 4 rings (SSSR count). The summed E-state index contributed by atoms with van der Waals surface area (Å²) in [5.41, 5.74) is 4.66. The van der Waals surface area contributed by atoms with E-state index in [-0.39, 0.29) is 11.3 Å². The third-order valence-electron chi connectivity index (χ3n) is 5.30. The van der Waals surface area contributed by atoms with Crippen LogP contribution in [0.1, 0.15) is 25.0 Å². The van der Waals surface area contributed by atoms with Crippen molar-refractivity contribution in [3.8, 4) is 16.9 Å². The van der Waals surface area contributed by atoms with Crippen LogP contribution in [0.2, 0.25) is 0 Å².